The molecule has 0 aliphatic heterocycles. The second-order valence-corrected chi connectivity index (χ2v) is 39.5. The third kappa shape index (κ3) is 15.8. The van der Waals surface area contributed by atoms with Gasteiger partial charge >= 0.3 is 0 Å². The van der Waals surface area contributed by atoms with Gasteiger partial charge in [-0.3, -0.25) is 19.2 Å². The van der Waals surface area contributed by atoms with Crippen LogP contribution >= 0.6 is 23.5 Å². The van der Waals surface area contributed by atoms with E-state index in [4.69, 9.17) is 37.4 Å². The maximum atomic E-state index is 14.2. The van der Waals surface area contributed by atoms with Gasteiger partial charge in [0, 0.05) is 76.6 Å². The van der Waals surface area contributed by atoms with E-state index in [0.29, 0.717) is 22.1 Å². The van der Waals surface area contributed by atoms with Crippen molar-refractivity contribution < 1.29 is 19.2 Å². The van der Waals surface area contributed by atoms with Gasteiger partial charge in [0.25, 0.3) is 0 Å². The molecule has 0 amide bonds. The highest BCUT2D eigenvalue weighted by molar-refractivity contribution is 7.00. The van der Waals surface area contributed by atoms with Crippen molar-refractivity contribution in [3.63, 3.8) is 0 Å². The summed E-state index contributed by atoms with van der Waals surface area (Å²) < 4.78 is 20.0. The van der Waals surface area contributed by atoms with Crippen LogP contribution in [0.4, 0.5) is 0 Å². The number of allylic oxidation sites excluding steroid dienone is 16. The highest BCUT2D eigenvalue weighted by Crippen LogP contribution is 2.45. The number of hydrogen-bond donors (Lipinski definition) is 0. The van der Waals surface area contributed by atoms with Gasteiger partial charge in [0.05, 0.1) is 57.3 Å². The first-order chi connectivity index (χ1) is 50.0. The number of carbonyl (C=O) groups is 4. The Morgan fingerprint density at radius 2 is 0.472 bits per heavy atom. The summed E-state index contributed by atoms with van der Waals surface area (Å²) in [5, 5.41) is 3.32. The van der Waals surface area contributed by atoms with Crippen molar-refractivity contribution in [2.45, 2.75) is 232 Å². The molecule has 8 aromatic rings. The van der Waals surface area contributed by atoms with Crippen molar-refractivity contribution >= 4 is 113 Å². The lowest BCUT2D eigenvalue weighted by Crippen LogP contribution is -2.30. The van der Waals surface area contributed by atoms with Gasteiger partial charge in [-0.2, -0.15) is 17.5 Å². The minimum atomic E-state index is -0.424. The minimum absolute atomic E-state index is 0.0579. The largest absolute Gasteiger partial charge is 0.289 e. The van der Waals surface area contributed by atoms with E-state index in [0.717, 1.165) is 205 Å². The number of Topliss-reactive ketones (excluding diaryl/α,β-unsaturated/α-hetero) is 4. The van der Waals surface area contributed by atoms with Crippen LogP contribution in [-0.2, 0) is 32.0 Å². The third-order valence-corrected chi connectivity index (χ3v) is 22.0. The van der Waals surface area contributed by atoms with Crippen molar-refractivity contribution in [1.82, 2.24) is 37.4 Å². The fourth-order valence-electron chi connectivity index (χ4n) is 14.7. The van der Waals surface area contributed by atoms with Crippen LogP contribution in [0.15, 0.2) is 142 Å². The highest BCUT2D eigenvalue weighted by atomic mass is 32.1. The van der Waals surface area contributed by atoms with E-state index in [1.54, 1.807) is 0 Å². The van der Waals surface area contributed by atoms with E-state index < -0.39 is 21.7 Å². The summed E-state index contributed by atoms with van der Waals surface area (Å²) in [6.45, 7) is 58.8. The number of benzene rings is 4. The van der Waals surface area contributed by atoms with Crippen molar-refractivity contribution in [2.75, 3.05) is 0 Å². The van der Waals surface area contributed by atoms with Gasteiger partial charge in [0.15, 0.2) is 23.1 Å². The molecule has 108 heavy (non-hydrogen) atoms. The molecule has 4 aliphatic rings. The van der Waals surface area contributed by atoms with Gasteiger partial charge in [-0.1, -0.05) is 253 Å². The van der Waals surface area contributed by atoms with Crippen LogP contribution in [0.25, 0.3) is 88.9 Å². The Hall–Kier alpha value is -8.72. The van der Waals surface area contributed by atoms with Gasteiger partial charge in [-0.05, 0) is 154 Å². The number of aryl methyl sites for hydroxylation is 4. The molecule has 0 fully saturated rings. The molecule has 4 heterocycles. The fraction of sp³-hybridized carbons (Fsp3) is 0.447. The summed E-state index contributed by atoms with van der Waals surface area (Å²) >= 11 is 2.34. The average molecular weight is 1480 g/mol. The molecule has 0 saturated carbocycles. The van der Waals surface area contributed by atoms with Gasteiger partial charge in [0.1, 0.15) is 33.1 Å². The SMILES string of the molecule is CCCCc1nc2c(=C3C=C(C(C)(C)C)C(=O)C(C(C)(C)C)=C3)c3nsnc3c(=C3C=C(C(C)(C)C)C(=O)C(C(C)(C)C)=C3)c2nc1CCCC.Cc1ccc(-c2nc3c(=C4C=C(C(C)(C)C)C(=O)C(C(C)(C)C)=C4)c4nsnc4c(=C4C=C(C(C)(C)C)C(=O)C(C(C)(C)C)=C4)c3nc2-c2ccc(C)cc2)cc1. The standard InChI is InChI=1S/C50H54N4O2S.C44H58N4O2S/c1-27-15-19-29(20-16-27)39-40(30-21-17-28(2)18-22-30)52-42-38(32-25-35(49(9,10)11)46(56)36(26-32)50(12,13)14)44-43(53-57-54-44)37(41(42)51-39)31-23-33(47(3,4)5)45(55)34(24-31)48(6,7)8;1-15-17-19-31-32(20-18-16-2)46-36-34(26-23-29(43(9,10)11)40(50)30(24-26)44(12,13)14)38-37(47-51-48-38)33(35(36)45-31)25-21-27(41(3,4)5)39(49)28(22-25)42(6,7)8/h15-26H,1-14H3;21-24H,15-20H2,1-14H3. The summed E-state index contributed by atoms with van der Waals surface area (Å²) in [6.07, 6.45) is 22.2. The number of aromatic nitrogens is 8. The van der Waals surface area contributed by atoms with E-state index in [-0.39, 0.29) is 44.8 Å². The number of hydrogen-bond acceptors (Lipinski definition) is 14. The highest BCUT2D eigenvalue weighted by Gasteiger charge is 2.40. The predicted octanol–water partition coefficient (Wildman–Crippen LogP) is 20.6. The Morgan fingerprint density at radius 3 is 0.657 bits per heavy atom. The second-order valence-electron chi connectivity index (χ2n) is 38.4. The molecule has 12 nitrogen and oxygen atoms in total. The third-order valence-electron chi connectivity index (χ3n) is 21.0. The number of fused-ring (bicyclic) bond motifs is 4. The molecular weight excluding hydrogens is 1370 g/mol. The topological polar surface area (TPSA) is 171 Å². The lowest BCUT2D eigenvalue weighted by atomic mass is 9.71. The van der Waals surface area contributed by atoms with Crippen molar-refractivity contribution in [3.05, 3.63) is 185 Å². The summed E-state index contributed by atoms with van der Waals surface area (Å²) in [5.41, 5.74) is 19.8. The van der Waals surface area contributed by atoms with E-state index >= 15 is 0 Å². The maximum Gasteiger partial charge on any atom is 0.186 e. The lowest BCUT2D eigenvalue weighted by Gasteiger charge is -2.31. The van der Waals surface area contributed by atoms with E-state index in [1.165, 1.54) is 11.7 Å². The molecule has 0 radical (unpaired) electrons. The van der Waals surface area contributed by atoms with Crippen LogP contribution in [0.3, 0.4) is 0 Å². The van der Waals surface area contributed by atoms with Crippen LogP contribution in [0, 0.1) is 57.2 Å². The zero-order valence-corrected chi connectivity index (χ0v) is 71.1. The molecule has 0 spiro atoms. The molecule has 0 atom stereocenters. The van der Waals surface area contributed by atoms with Crippen molar-refractivity contribution in [2.24, 2.45) is 43.3 Å². The van der Waals surface area contributed by atoms with Gasteiger partial charge in [-0.15, -0.1) is 0 Å². The monoisotopic (exact) mass is 1480 g/mol. The molecule has 0 saturated heterocycles. The van der Waals surface area contributed by atoms with Gasteiger partial charge in [-0.25, -0.2) is 19.9 Å². The fourth-order valence-corrected chi connectivity index (χ4v) is 15.8. The summed E-state index contributed by atoms with van der Waals surface area (Å²) in [6, 6.07) is 16.8. The summed E-state index contributed by atoms with van der Waals surface area (Å²) in [5.74, 6) is 0.294. The zero-order valence-electron chi connectivity index (χ0n) is 69.5. The molecule has 4 aromatic heterocycles. The molecule has 12 rings (SSSR count). The van der Waals surface area contributed by atoms with Crippen LogP contribution in [0.1, 0.15) is 228 Å². The molecule has 0 unspecified atom stereocenters. The molecule has 564 valence electrons. The zero-order chi connectivity index (χ0) is 79.4. The summed E-state index contributed by atoms with van der Waals surface area (Å²) in [7, 11) is 0. The van der Waals surface area contributed by atoms with Crippen LogP contribution in [0.2, 0.25) is 0 Å². The van der Waals surface area contributed by atoms with E-state index in [2.05, 4.69) is 267 Å². The van der Waals surface area contributed by atoms with Crippen LogP contribution < -0.4 is 20.9 Å². The normalized spacial score (nSPS) is 16.3. The smallest absolute Gasteiger partial charge is 0.186 e. The van der Waals surface area contributed by atoms with Gasteiger partial charge < -0.3 is 0 Å². The Bertz CT molecular complexity index is 5170. The van der Waals surface area contributed by atoms with Crippen molar-refractivity contribution in [1.29, 1.82) is 0 Å². The molecular formula is C94H112N8O4S2. The Morgan fingerprint density at radius 1 is 0.278 bits per heavy atom. The number of rotatable bonds is 8. The first-order valence-electron chi connectivity index (χ1n) is 38.6. The van der Waals surface area contributed by atoms with Crippen LogP contribution in [-0.4, -0.2) is 60.6 Å². The Balaban J connectivity index is 0.000000216. The minimum Gasteiger partial charge on any atom is -0.289 e. The molecule has 14 heteroatoms. The Labute approximate surface area is 648 Å². The second kappa shape index (κ2) is 28.9. The first-order valence-corrected chi connectivity index (χ1v) is 40.1. The van der Waals surface area contributed by atoms with Gasteiger partial charge in [0.2, 0.25) is 0 Å². The Kier molecular flexibility index (Phi) is 21.5. The van der Waals surface area contributed by atoms with E-state index in [9.17, 15) is 19.2 Å². The number of nitrogens with zero attached hydrogens (tertiary/aromatic N) is 8. The first kappa shape index (κ1) is 80.3. The molecule has 0 N–H and O–H groups in total. The lowest BCUT2D eigenvalue weighted by molar-refractivity contribution is -0.114. The van der Waals surface area contributed by atoms with Crippen molar-refractivity contribution in [3.8, 4) is 22.5 Å². The summed E-state index contributed by atoms with van der Waals surface area (Å²) in [4.78, 5) is 79.0. The number of carbonyl (C=O) groups excluding carboxylic acids is 4. The maximum absolute atomic E-state index is 14.2. The predicted molar refractivity (Wildman–Crippen MR) is 451 cm³/mol. The molecule has 4 aromatic carbocycles. The molecule has 4 aliphatic carbocycles. The molecule has 0 bridgehead atoms. The van der Waals surface area contributed by atoms with E-state index in [1.807, 2.05) is 24.3 Å². The number of ketones is 4. The quantitative estimate of drug-likeness (QED) is 0.141. The number of unbranched alkanes of at least 4 members (excludes halogenated alkanes) is 2. The van der Waals surface area contributed by atoms with Crippen LogP contribution in [0.5, 0.6) is 0 Å². The average Bonchev–Trinajstić information content (AvgIpc) is 1.19.